The molecular weight excluding hydrogens is 456 g/mol. The number of anilines is 1. The van der Waals surface area contributed by atoms with E-state index < -0.39 is 11.0 Å². The van der Waals surface area contributed by atoms with Crippen molar-refractivity contribution in [3.8, 4) is 0 Å². The van der Waals surface area contributed by atoms with Gasteiger partial charge in [0.05, 0.1) is 16.7 Å². The van der Waals surface area contributed by atoms with E-state index in [2.05, 4.69) is 27.4 Å². The summed E-state index contributed by atoms with van der Waals surface area (Å²) >= 11 is 1.16. The van der Waals surface area contributed by atoms with E-state index in [9.17, 15) is 19.7 Å². The van der Waals surface area contributed by atoms with E-state index in [0.29, 0.717) is 34.3 Å². The zero-order valence-electron chi connectivity index (χ0n) is 18.7. The Morgan fingerprint density at radius 1 is 1.24 bits per heavy atom. The molecule has 2 N–H and O–H groups in total. The highest BCUT2D eigenvalue weighted by atomic mass is 32.2. The van der Waals surface area contributed by atoms with E-state index in [1.807, 2.05) is 6.07 Å². The molecule has 2 amide bonds. The predicted octanol–water partition coefficient (Wildman–Crippen LogP) is 3.90. The Morgan fingerprint density at radius 3 is 2.65 bits per heavy atom. The molecule has 0 unspecified atom stereocenters. The van der Waals surface area contributed by atoms with E-state index in [1.165, 1.54) is 6.07 Å². The number of aryl methyl sites for hydroxylation is 1. The SMILES string of the molecule is C=CCn1c(SCC(=O)Nc2ccc(C)c([N+](=O)[O-])c2)nnc1[C@H](C)NC(=O)c1ccccc1. The summed E-state index contributed by atoms with van der Waals surface area (Å²) in [6.07, 6.45) is 1.67. The van der Waals surface area contributed by atoms with Crippen molar-refractivity contribution in [3.63, 3.8) is 0 Å². The van der Waals surface area contributed by atoms with Gasteiger partial charge in [0.1, 0.15) is 0 Å². The number of benzene rings is 2. The molecule has 3 rings (SSSR count). The van der Waals surface area contributed by atoms with Gasteiger partial charge in [-0.05, 0) is 32.0 Å². The van der Waals surface area contributed by atoms with Gasteiger partial charge in [0.25, 0.3) is 11.6 Å². The third-order valence-electron chi connectivity index (χ3n) is 4.85. The monoisotopic (exact) mass is 480 g/mol. The van der Waals surface area contributed by atoms with Crippen LogP contribution in [0.25, 0.3) is 0 Å². The van der Waals surface area contributed by atoms with Gasteiger partial charge in [0, 0.05) is 29.4 Å². The topological polar surface area (TPSA) is 132 Å². The van der Waals surface area contributed by atoms with Crippen LogP contribution in [0.1, 0.15) is 34.7 Å². The van der Waals surface area contributed by atoms with Gasteiger partial charge in [-0.1, -0.05) is 42.1 Å². The van der Waals surface area contributed by atoms with Gasteiger partial charge in [-0.3, -0.25) is 19.7 Å². The van der Waals surface area contributed by atoms with Crippen molar-refractivity contribution >= 4 is 35.0 Å². The number of aromatic nitrogens is 3. The summed E-state index contributed by atoms with van der Waals surface area (Å²) < 4.78 is 1.78. The van der Waals surface area contributed by atoms with Crippen LogP contribution in [0.15, 0.2) is 66.3 Å². The molecule has 3 aromatic rings. The van der Waals surface area contributed by atoms with Gasteiger partial charge in [-0.15, -0.1) is 16.8 Å². The number of nitro groups is 1. The van der Waals surface area contributed by atoms with Crippen LogP contribution in [-0.4, -0.2) is 37.3 Å². The number of carbonyl (C=O) groups excluding carboxylic acids is 2. The van der Waals surface area contributed by atoms with Crippen molar-refractivity contribution in [2.24, 2.45) is 0 Å². The standard InChI is InChI=1S/C23H24N6O4S/c1-4-12-28-21(16(3)24-22(31)17-8-6-5-7-9-17)26-27-23(28)34-14-20(30)25-18-11-10-15(2)19(13-18)29(32)33/h4-11,13,16H,1,12,14H2,2-3H3,(H,24,31)(H,25,30)/t16-/m0/s1. The molecule has 0 bridgehead atoms. The molecule has 0 radical (unpaired) electrons. The van der Waals surface area contributed by atoms with Crippen LogP contribution in [0.5, 0.6) is 0 Å². The third-order valence-corrected chi connectivity index (χ3v) is 5.82. The van der Waals surface area contributed by atoms with Gasteiger partial charge in [-0.25, -0.2) is 0 Å². The Hall–Kier alpha value is -3.99. The molecule has 0 aliphatic heterocycles. The van der Waals surface area contributed by atoms with E-state index in [1.54, 1.807) is 60.9 Å². The van der Waals surface area contributed by atoms with Gasteiger partial charge >= 0.3 is 0 Å². The number of amides is 2. The molecular formula is C23H24N6O4S. The minimum Gasteiger partial charge on any atom is -0.342 e. The lowest BCUT2D eigenvalue weighted by atomic mass is 10.2. The number of thioether (sulfide) groups is 1. The number of carbonyl (C=O) groups is 2. The maximum Gasteiger partial charge on any atom is 0.274 e. The second kappa shape index (κ2) is 11.2. The summed E-state index contributed by atoms with van der Waals surface area (Å²) in [5, 5.41) is 25.5. The van der Waals surface area contributed by atoms with Gasteiger partial charge in [0.2, 0.25) is 5.91 Å². The van der Waals surface area contributed by atoms with Crippen molar-refractivity contribution in [2.75, 3.05) is 11.1 Å². The number of hydrogen-bond donors (Lipinski definition) is 2. The fraction of sp³-hybridized carbons (Fsp3) is 0.217. The molecule has 0 fully saturated rings. The maximum absolute atomic E-state index is 12.5. The van der Waals surface area contributed by atoms with E-state index in [4.69, 9.17) is 0 Å². The van der Waals surface area contributed by atoms with Crippen LogP contribution < -0.4 is 10.6 Å². The van der Waals surface area contributed by atoms with Crippen molar-refractivity contribution in [2.45, 2.75) is 31.6 Å². The Balaban J connectivity index is 1.66. The number of nitro benzene ring substituents is 1. The van der Waals surface area contributed by atoms with Crippen LogP contribution >= 0.6 is 11.8 Å². The first-order valence-corrected chi connectivity index (χ1v) is 11.4. The van der Waals surface area contributed by atoms with Crippen LogP contribution in [0.2, 0.25) is 0 Å². The van der Waals surface area contributed by atoms with Gasteiger partial charge < -0.3 is 15.2 Å². The van der Waals surface area contributed by atoms with E-state index in [0.717, 1.165) is 11.8 Å². The molecule has 176 valence electrons. The molecule has 1 heterocycles. The smallest absolute Gasteiger partial charge is 0.274 e. The average molecular weight is 481 g/mol. The lowest BCUT2D eigenvalue weighted by molar-refractivity contribution is -0.385. The van der Waals surface area contributed by atoms with E-state index >= 15 is 0 Å². The lowest BCUT2D eigenvalue weighted by Gasteiger charge is -2.15. The summed E-state index contributed by atoms with van der Waals surface area (Å²) in [6, 6.07) is 12.9. The highest BCUT2D eigenvalue weighted by Gasteiger charge is 2.20. The highest BCUT2D eigenvalue weighted by molar-refractivity contribution is 7.99. The highest BCUT2D eigenvalue weighted by Crippen LogP contribution is 2.24. The molecule has 0 saturated heterocycles. The fourth-order valence-corrected chi connectivity index (χ4v) is 3.93. The van der Waals surface area contributed by atoms with Crippen LogP contribution in [-0.2, 0) is 11.3 Å². The molecule has 0 aliphatic rings. The van der Waals surface area contributed by atoms with E-state index in [-0.39, 0.29) is 23.3 Å². The zero-order chi connectivity index (χ0) is 24.7. The molecule has 10 nitrogen and oxygen atoms in total. The molecule has 1 atom stereocenters. The molecule has 1 aromatic heterocycles. The molecule has 0 spiro atoms. The van der Waals surface area contributed by atoms with Crippen molar-refractivity contribution in [1.29, 1.82) is 0 Å². The molecule has 34 heavy (non-hydrogen) atoms. The molecule has 0 aliphatic carbocycles. The normalized spacial score (nSPS) is 11.5. The zero-order valence-corrected chi connectivity index (χ0v) is 19.5. The van der Waals surface area contributed by atoms with Crippen molar-refractivity contribution in [1.82, 2.24) is 20.1 Å². The maximum atomic E-state index is 12.5. The summed E-state index contributed by atoms with van der Waals surface area (Å²) in [5.74, 6) is -0.0339. The summed E-state index contributed by atoms with van der Waals surface area (Å²) in [7, 11) is 0. The first kappa shape index (κ1) is 24.6. The average Bonchev–Trinajstić information content (AvgIpc) is 3.22. The van der Waals surface area contributed by atoms with Crippen LogP contribution in [0, 0.1) is 17.0 Å². The second-order valence-electron chi connectivity index (χ2n) is 7.40. The number of allylic oxidation sites excluding steroid dienone is 1. The number of nitrogens with zero attached hydrogens (tertiary/aromatic N) is 4. The quantitative estimate of drug-likeness (QED) is 0.195. The first-order valence-electron chi connectivity index (χ1n) is 10.4. The third kappa shape index (κ3) is 6.07. The van der Waals surface area contributed by atoms with Crippen LogP contribution in [0.3, 0.4) is 0 Å². The Bertz CT molecular complexity index is 1210. The largest absolute Gasteiger partial charge is 0.342 e. The summed E-state index contributed by atoms with van der Waals surface area (Å²) in [6.45, 7) is 7.58. The minimum atomic E-state index is -0.489. The Labute approximate surface area is 200 Å². The van der Waals surface area contributed by atoms with Gasteiger partial charge in [-0.2, -0.15) is 0 Å². The molecule has 11 heteroatoms. The summed E-state index contributed by atoms with van der Waals surface area (Å²) in [5.41, 5.74) is 1.32. The predicted molar refractivity (Wildman–Crippen MR) is 130 cm³/mol. The van der Waals surface area contributed by atoms with Crippen molar-refractivity contribution < 1.29 is 14.5 Å². The van der Waals surface area contributed by atoms with Crippen LogP contribution in [0.4, 0.5) is 11.4 Å². The number of hydrogen-bond acceptors (Lipinski definition) is 7. The number of rotatable bonds is 10. The first-order chi connectivity index (χ1) is 16.3. The molecule has 0 saturated carbocycles. The van der Waals surface area contributed by atoms with Gasteiger partial charge in [0.15, 0.2) is 11.0 Å². The second-order valence-corrected chi connectivity index (χ2v) is 8.34. The van der Waals surface area contributed by atoms with Crippen molar-refractivity contribution in [3.05, 3.63) is 88.3 Å². The Morgan fingerprint density at radius 2 is 1.97 bits per heavy atom. The Kier molecular flexibility index (Phi) is 8.14. The number of nitrogens with one attached hydrogen (secondary N) is 2. The summed E-state index contributed by atoms with van der Waals surface area (Å²) in [4.78, 5) is 35.5. The lowest BCUT2D eigenvalue weighted by Crippen LogP contribution is -2.28. The minimum absolute atomic E-state index is 0.0156. The fourth-order valence-electron chi connectivity index (χ4n) is 3.17. The molecule has 2 aromatic carbocycles.